The summed E-state index contributed by atoms with van der Waals surface area (Å²) in [5, 5.41) is 0. The number of aromatic nitrogens is 1. The van der Waals surface area contributed by atoms with Crippen LogP contribution in [0.5, 0.6) is 0 Å². The highest BCUT2D eigenvalue weighted by Gasteiger charge is 1.88. The fraction of sp³-hybridized carbons (Fsp3) is 0. The van der Waals surface area contributed by atoms with E-state index >= 15 is 0 Å². The molecule has 1 nitrogen and oxygen atoms in total. The quantitative estimate of drug-likeness (QED) is 0.794. The lowest BCUT2D eigenvalue weighted by Gasteiger charge is -1.94. The molecular formula is C13H10BrN. The Morgan fingerprint density at radius 1 is 0.800 bits per heavy atom. The van der Waals surface area contributed by atoms with Crippen LogP contribution in [0, 0.1) is 0 Å². The number of pyridine rings is 1. The van der Waals surface area contributed by atoms with Crippen molar-refractivity contribution in [2.45, 2.75) is 0 Å². The molecule has 2 rings (SSSR count). The Kier molecular flexibility index (Phi) is 3.30. The van der Waals surface area contributed by atoms with Crippen molar-refractivity contribution in [3.05, 3.63) is 64.4 Å². The third-order valence-electron chi connectivity index (χ3n) is 2.04. The fourth-order valence-electron chi connectivity index (χ4n) is 1.24. The minimum Gasteiger partial charge on any atom is -0.265 e. The maximum Gasteiger partial charge on any atom is 0.0273 e. The normalized spacial score (nSPS) is 10.7. The van der Waals surface area contributed by atoms with E-state index in [0.717, 1.165) is 10.0 Å². The van der Waals surface area contributed by atoms with Crippen molar-refractivity contribution in [2.75, 3.05) is 0 Å². The summed E-state index contributed by atoms with van der Waals surface area (Å²) in [5.41, 5.74) is 2.35. The Hall–Kier alpha value is -1.41. The Bertz CT molecular complexity index is 446. The van der Waals surface area contributed by atoms with E-state index in [0.29, 0.717) is 0 Å². The molecule has 0 N–H and O–H groups in total. The van der Waals surface area contributed by atoms with Gasteiger partial charge in [-0.05, 0) is 35.4 Å². The van der Waals surface area contributed by atoms with E-state index in [1.807, 2.05) is 24.3 Å². The average Bonchev–Trinajstić information content (AvgIpc) is 2.30. The summed E-state index contributed by atoms with van der Waals surface area (Å²) in [4.78, 5) is 3.97. The first-order valence-electron chi connectivity index (χ1n) is 4.68. The van der Waals surface area contributed by atoms with E-state index in [2.05, 4.69) is 45.2 Å². The molecule has 2 aromatic rings. The third kappa shape index (κ3) is 3.03. The first-order valence-corrected chi connectivity index (χ1v) is 5.47. The molecule has 0 spiro atoms. The minimum absolute atomic E-state index is 1.10. The van der Waals surface area contributed by atoms with E-state index < -0.39 is 0 Å². The number of hydrogen-bond donors (Lipinski definition) is 0. The summed E-state index contributed by atoms with van der Waals surface area (Å²) in [6.07, 6.45) is 7.75. The molecule has 0 bridgehead atoms. The van der Waals surface area contributed by atoms with E-state index in [1.165, 1.54) is 5.56 Å². The summed E-state index contributed by atoms with van der Waals surface area (Å²) in [6.45, 7) is 0. The van der Waals surface area contributed by atoms with E-state index in [-0.39, 0.29) is 0 Å². The van der Waals surface area contributed by atoms with Crippen LogP contribution in [-0.4, -0.2) is 4.98 Å². The van der Waals surface area contributed by atoms with Crippen molar-refractivity contribution >= 4 is 28.1 Å². The van der Waals surface area contributed by atoms with Crippen LogP contribution < -0.4 is 0 Å². The van der Waals surface area contributed by atoms with Gasteiger partial charge in [0.05, 0.1) is 0 Å². The van der Waals surface area contributed by atoms with Crippen molar-refractivity contribution in [3.63, 3.8) is 0 Å². The lowest BCUT2D eigenvalue weighted by molar-refractivity contribution is 1.32. The number of nitrogens with zero attached hydrogens (tertiary/aromatic N) is 1. The highest BCUT2D eigenvalue weighted by Crippen LogP contribution is 2.12. The minimum atomic E-state index is 1.10. The van der Waals surface area contributed by atoms with Gasteiger partial charge in [0.15, 0.2) is 0 Å². The van der Waals surface area contributed by atoms with Crippen LogP contribution in [-0.2, 0) is 0 Å². The molecule has 15 heavy (non-hydrogen) atoms. The second-order valence-corrected chi connectivity index (χ2v) is 4.08. The van der Waals surface area contributed by atoms with Crippen LogP contribution in [0.25, 0.3) is 12.2 Å². The van der Waals surface area contributed by atoms with Gasteiger partial charge in [0.2, 0.25) is 0 Å². The van der Waals surface area contributed by atoms with Gasteiger partial charge >= 0.3 is 0 Å². The Morgan fingerprint density at radius 2 is 1.33 bits per heavy atom. The fourth-order valence-corrected chi connectivity index (χ4v) is 1.51. The second-order valence-electron chi connectivity index (χ2n) is 3.17. The average molecular weight is 260 g/mol. The van der Waals surface area contributed by atoms with Crippen LogP contribution >= 0.6 is 15.9 Å². The molecule has 0 saturated heterocycles. The summed E-state index contributed by atoms with van der Waals surface area (Å²) in [7, 11) is 0. The third-order valence-corrected chi connectivity index (χ3v) is 2.57. The van der Waals surface area contributed by atoms with Crippen molar-refractivity contribution < 1.29 is 0 Å². The predicted octanol–water partition coefficient (Wildman–Crippen LogP) is 4.01. The summed E-state index contributed by atoms with van der Waals surface area (Å²) >= 11 is 3.41. The largest absolute Gasteiger partial charge is 0.265 e. The molecule has 0 aliphatic rings. The van der Waals surface area contributed by atoms with Gasteiger partial charge in [-0.15, -0.1) is 0 Å². The molecule has 0 radical (unpaired) electrons. The zero-order chi connectivity index (χ0) is 10.5. The summed E-state index contributed by atoms with van der Waals surface area (Å²) in [5.74, 6) is 0. The number of halogens is 1. The van der Waals surface area contributed by atoms with Gasteiger partial charge < -0.3 is 0 Å². The zero-order valence-corrected chi connectivity index (χ0v) is 9.68. The van der Waals surface area contributed by atoms with Crippen LogP contribution in [0.1, 0.15) is 11.1 Å². The topological polar surface area (TPSA) is 12.9 Å². The molecule has 1 aromatic heterocycles. The van der Waals surface area contributed by atoms with Gasteiger partial charge in [-0.2, -0.15) is 0 Å². The van der Waals surface area contributed by atoms with Gasteiger partial charge in [-0.1, -0.05) is 40.2 Å². The molecular weight excluding hydrogens is 250 g/mol. The van der Waals surface area contributed by atoms with Gasteiger partial charge in [0.1, 0.15) is 0 Å². The maximum absolute atomic E-state index is 3.97. The van der Waals surface area contributed by atoms with E-state index in [4.69, 9.17) is 0 Å². The Labute approximate surface area is 97.6 Å². The van der Waals surface area contributed by atoms with E-state index in [9.17, 15) is 0 Å². The number of rotatable bonds is 2. The van der Waals surface area contributed by atoms with Crippen LogP contribution in [0.4, 0.5) is 0 Å². The van der Waals surface area contributed by atoms with Gasteiger partial charge in [0.25, 0.3) is 0 Å². The number of benzene rings is 1. The van der Waals surface area contributed by atoms with Gasteiger partial charge in [-0.3, -0.25) is 4.98 Å². The van der Waals surface area contributed by atoms with E-state index in [1.54, 1.807) is 12.4 Å². The standard InChI is InChI=1S/C13H10BrN/c14-13-5-3-11(4-6-13)1-2-12-7-9-15-10-8-12/h1-10H/b2-1+. The Balaban J connectivity index is 2.15. The molecule has 0 aliphatic carbocycles. The Morgan fingerprint density at radius 3 is 1.93 bits per heavy atom. The van der Waals surface area contributed by atoms with Gasteiger partial charge in [0, 0.05) is 16.9 Å². The zero-order valence-electron chi connectivity index (χ0n) is 8.10. The summed E-state index contributed by atoms with van der Waals surface area (Å²) < 4.78 is 1.10. The highest BCUT2D eigenvalue weighted by atomic mass is 79.9. The first-order chi connectivity index (χ1) is 7.34. The lowest BCUT2D eigenvalue weighted by atomic mass is 10.2. The van der Waals surface area contributed by atoms with Gasteiger partial charge in [-0.25, -0.2) is 0 Å². The van der Waals surface area contributed by atoms with Crippen molar-refractivity contribution in [1.29, 1.82) is 0 Å². The molecule has 1 aromatic carbocycles. The van der Waals surface area contributed by atoms with Crippen molar-refractivity contribution in [2.24, 2.45) is 0 Å². The van der Waals surface area contributed by atoms with Crippen LogP contribution in [0.15, 0.2) is 53.3 Å². The first kappa shape index (κ1) is 10.1. The SMILES string of the molecule is Brc1ccc(/C=C/c2ccncc2)cc1. The molecule has 74 valence electrons. The second kappa shape index (κ2) is 4.89. The molecule has 0 fully saturated rings. The predicted molar refractivity (Wildman–Crippen MR) is 67.3 cm³/mol. The maximum atomic E-state index is 3.97. The highest BCUT2D eigenvalue weighted by molar-refractivity contribution is 9.10. The smallest absolute Gasteiger partial charge is 0.0273 e. The monoisotopic (exact) mass is 259 g/mol. The lowest BCUT2D eigenvalue weighted by Crippen LogP contribution is -1.73. The summed E-state index contributed by atoms with van der Waals surface area (Å²) in [6, 6.07) is 12.2. The molecule has 0 saturated carbocycles. The van der Waals surface area contributed by atoms with Crippen LogP contribution in [0.3, 0.4) is 0 Å². The molecule has 0 unspecified atom stereocenters. The van der Waals surface area contributed by atoms with Crippen LogP contribution in [0.2, 0.25) is 0 Å². The molecule has 0 aliphatic heterocycles. The van der Waals surface area contributed by atoms with Crippen molar-refractivity contribution in [1.82, 2.24) is 4.98 Å². The molecule has 1 heterocycles. The molecule has 0 amide bonds. The molecule has 2 heteroatoms. The number of hydrogen-bond acceptors (Lipinski definition) is 1. The molecule has 0 atom stereocenters. The van der Waals surface area contributed by atoms with Crippen molar-refractivity contribution in [3.8, 4) is 0 Å².